The van der Waals surface area contributed by atoms with Gasteiger partial charge in [0.15, 0.2) is 23.1 Å². The van der Waals surface area contributed by atoms with Gasteiger partial charge in [0.1, 0.15) is 0 Å². The smallest absolute Gasteiger partial charge is 0.173 e. The Balaban J connectivity index is 2.83. The number of halogens is 3. The second-order valence-corrected chi connectivity index (χ2v) is 3.82. The van der Waals surface area contributed by atoms with Crippen molar-refractivity contribution in [2.24, 2.45) is 0 Å². The van der Waals surface area contributed by atoms with E-state index < -0.39 is 23.1 Å². The summed E-state index contributed by atoms with van der Waals surface area (Å²) in [5.41, 5.74) is -1.69. The maximum absolute atomic E-state index is 13.1. The number of hydrogen-bond donors (Lipinski definition) is 0. The van der Waals surface area contributed by atoms with Crippen LogP contribution in [0.5, 0.6) is 0 Å². The van der Waals surface area contributed by atoms with Crippen molar-refractivity contribution in [2.75, 3.05) is 0 Å². The number of Topliss-reactive ketones (excluding diaryl/α,β-unsaturated/α-hetero) is 1. The minimum Gasteiger partial charge on any atom is -0.296 e. The van der Waals surface area contributed by atoms with Gasteiger partial charge in [-0.05, 0) is 31.5 Å². The highest BCUT2D eigenvalue weighted by Crippen LogP contribution is 2.15. The molecule has 0 aliphatic heterocycles. The second kappa shape index (κ2) is 4.04. The van der Waals surface area contributed by atoms with Gasteiger partial charge in [-0.15, -0.1) is 0 Å². The number of alkyl halides is 1. The summed E-state index contributed by atoms with van der Waals surface area (Å²) in [6.07, 6.45) is -0.235. The average Bonchev–Trinajstić information content (AvgIpc) is 2.10. The van der Waals surface area contributed by atoms with E-state index in [4.69, 9.17) is 0 Å². The summed E-state index contributed by atoms with van der Waals surface area (Å²) in [5, 5.41) is 0. The molecule has 0 aliphatic carbocycles. The van der Waals surface area contributed by atoms with Crippen molar-refractivity contribution in [3.8, 4) is 0 Å². The Morgan fingerprint density at radius 2 is 1.87 bits per heavy atom. The van der Waals surface area contributed by atoms with Gasteiger partial charge in [0.2, 0.25) is 0 Å². The van der Waals surface area contributed by atoms with Crippen LogP contribution in [0, 0.1) is 11.6 Å². The lowest BCUT2D eigenvalue weighted by molar-refractivity contribution is -0.127. The molecule has 0 amide bonds. The van der Waals surface area contributed by atoms with Gasteiger partial charge in [-0.25, -0.2) is 13.2 Å². The minimum atomic E-state index is -1.95. The van der Waals surface area contributed by atoms with Crippen LogP contribution in [-0.4, -0.2) is 11.5 Å². The molecule has 0 saturated heterocycles. The van der Waals surface area contributed by atoms with Crippen LogP contribution in [0.1, 0.15) is 19.4 Å². The van der Waals surface area contributed by atoms with Crippen LogP contribution in [0.3, 0.4) is 0 Å². The van der Waals surface area contributed by atoms with Crippen molar-refractivity contribution in [1.29, 1.82) is 0 Å². The van der Waals surface area contributed by atoms with Crippen molar-refractivity contribution >= 4 is 5.78 Å². The van der Waals surface area contributed by atoms with E-state index in [1.54, 1.807) is 0 Å². The Morgan fingerprint density at radius 1 is 1.27 bits per heavy atom. The number of ketones is 1. The molecule has 0 aliphatic rings. The molecule has 0 fully saturated rings. The summed E-state index contributed by atoms with van der Waals surface area (Å²) in [6.45, 7) is 2.27. The fraction of sp³-hybridized carbons (Fsp3) is 0.364. The summed E-state index contributed by atoms with van der Waals surface area (Å²) in [6, 6.07) is 3.09. The number of carbonyl (C=O) groups is 1. The van der Waals surface area contributed by atoms with Crippen molar-refractivity contribution < 1.29 is 18.0 Å². The van der Waals surface area contributed by atoms with Crippen LogP contribution in [0.25, 0.3) is 0 Å². The Kier molecular flexibility index (Phi) is 3.17. The predicted octanol–water partition coefficient (Wildman–Crippen LogP) is 2.82. The third kappa shape index (κ3) is 3.08. The maximum Gasteiger partial charge on any atom is 0.173 e. The summed E-state index contributed by atoms with van der Waals surface area (Å²) >= 11 is 0. The number of rotatable bonds is 3. The fourth-order valence-corrected chi connectivity index (χ4v) is 1.05. The second-order valence-electron chi connectivity index (χ2n) is 3.82. The van der Waals surface area contributed by atoms with Gasteiger partial charge in [-0.1, -0.05) is 6.07 Å². The molecule has 0 aromatic heterocycles. The standard InChI is InChI=1S/C11H11F3O/c1-11(2,14)10(15)6-7-3-4-8(12)9(13)5-7/h3-5H,6H2,1-2H3. The topological polar surface area (TPSA) is 17.1 Å². The Bertz CT molecular complexity index is 380. The fourth-order valence-electron chi connectivity index (χ4n) is 1.05. The Hall–Kier alpha value is -1.32. The number of benzene rings is 1. The number of carbonyl (C=O) groups excluding carboxylic acids is 1. The normalized spacial score (nSPS) is 11.5. The summed E-state index contributed by atoms with van der Waals surface area (Å²) < 4.78 is 38.4. The van der Waals surface area contributed by atoms with Crippen LogP contribution in [0.2, 0.25) is 0 Å². The van der Waals surface area contributed by atoms with Gasteiger partial charge in [-0.3, -0.25) is 4.79 Å². The molecule has 0 atom stereocenters. The van der Waals surface area contributed by atoms with E-state index in [1.165, 1.54) is 6.07 Å². The highest BCUT2D eigenvalue weighted by molar-refractivity contribution is 5.88. The van der Waals surface area contributed by atoms with Crippen molar-refractivity contribution in [3.05, 3.63) is 35.4 Å². The molecule has 0 bridgehead atoms. The molecule has 1 nitrogen and oxygen atoms in total. The van der Waals surface area contributed by atoms with E-state index in [-0.39, 0.29) is 12.0 Å². The monoisotopic (exact) mass is 216 g/mol. The van der Waals surface area contributed by atoms with Gasteiger partial charge in [0.05, 0.1) is 0 Å². The quantitative estimate of drug-likeness (QED) is 0.759. The summed E-state index contributed by atoms with van der Waals surface area (Å²) in [7, 11) is 0. The molecular weight excluding hydrogens is 205 g/mol. The highest BCUT2D eigenvalue weighted by atomic mass is 19.2. The molecular formula is C11H11F3O. The van der Waals surface area contributed by atoms with Crippen LogP contribution >= 0.6 is 0 Å². The zero-order valence-electron chi connectivity index (χ0n) is 8.48. The SMILES string of the molecule is CC(C)(F)C(=O)Cc1ccc(F)c(F)c1. The van der Waals surface area contributed by atoms with Gasteiger partial charge in [-0.2, -0.15) is 0 Å². The molecule has 0 N–H and O–H groups in total. The van der Waals surface area contributed by atoms with E-state index in [0.717, 1.165) is 26.0 Å². The third-order valence-corrected chi connectivity index (χ3v) is 2.01. The van der Waals surface area contributed by atoms with Crippen molar-refractivity contribution in [3.63, 3.8) is 0 Å². The largest absolute Gasteiger partial charge is 0.296 e. The van der Waals surface area contributed by atoms with Gasteiger partial charge >= 0.3 is 0 Å². The van der Waals surface area contributed by atoms with Crippen LogP contribution in [0.15, 0.2) is 18.2 Å². The molecule has 1 rings (SSSR count). The average molecular weight is 216 g/mol. The van der Waals surface area contributed by atoms with Crippen LogP contribution in [-0.2, 0) is 11.2 Å². The van der Waals surface area contributed by atoms with Gasteiger partial charge in [0.25, 0.3) is 0 Å². The van der Waals surface area contributed by atoms with Crippen LogP contribution < -0.4 is 0 Å². The maximum atomic E-state index is 13.1. The van der Waals surface area contributed by atoms with E-state index in [2.05, 4.69) is 0 Å². The van der Waals surface area contributed by atoms with E-state index in [0.29, 0.717) is 0 Å². The molecule has 0 saturated carbocycles. The molecule has 0 unspecified atom stereocenters. The van der Waals surface area contributed by atoms with Gasteiger partial charge < -0.3 is 0 Å². The van der Waals surface area contributed by atoms with E-state index in [1.807, 2.05) is 0 Å². The zero-order valence-corrected chi connectivity index (χ0v) is 8.48. The molecule has 15 heavy (non-hydrogen) atoms. The van der Waals surface area contributed by atoms with E-state index in [9.17, 15) is 18.0 Å². The molecule has 0 radical (unpaired) electrons. The van der Waals surface area contributed by atoms with Crippen molar-refractivity contribution in [1.82, 2.24) is 0 Å². The van der Waals surface area contributed by atoms with Gasteiger partial charge in [0, 0.05) is 6.42 Å². The Labute approximate surface area is 85.9 Å². The minimum absolute atomic E-state index is 0.235. The molecule has 1 aromatic carbocycles. The molecule has 1 aromatic rings. The molecule has 4 heteroatoms. The van der Waals surface area contributed by atoms with Crippen molar-refractivity contribution in [2.45, 2.75) is 25.9 Å². The molecule has 82 valence electrons. The first kappa shape index (κ1) is 11.8. The summed E-state index contributed by atoms with van der Waals surface area (Å²) in [5.74, 6) is -2.67. The lowest BCUT2D eigenvalue weighted by Crippen LogP contribution is -2.27. The first-order valence-electron chi connectivity index (χ1n) is 4.47. The first-order valence-corrected chi connectivity index (χ1v) is 4.47. The number of hydrogen-bond acceptors (Lipinski definition) is 1. The lowest BCUT2D eigenvalue weighted by atomic mass is 9.98. The first-order chi connectivity index (χ1) is 6.80. The van der Waals surface area contributed by atoms with Crippen LogP contribution in [0.4, 0.5) is 13.2 Å². The summed E-state index contributed by atoms with van der Waals surface area (Å²) in [4.78, 5) is 11.2. The predicted molar refractivity (Wildman–Crippen MR) is 50.3 cm³/mol. The lowest BCUT2D eigenvalue weighted by Gasteiger charge is -2.12. The Morgan fingerprint density at radius 3 is 2.33 bits per heavy atom. The molecule has 0 spiro atoms. The third-order valence-electron chi connectivity index (χ3n) is 2.01. The highest BCUT2D eigenvalue weighted by Gasteiger charge is 2.26. The molecule has 0 heterocycles. The van der Waals surface area contributed by atoms with E-state index >= 15 is 0 Å². The zero-order chi connectivity index (χ0) is 11.6.